The fourth-order valence-corrected chi connectivity index (χ4v) is 5.80. The van der Waals surface area contributed by atoms with Crippen LogP contribution in [0.5, 0.6) is 0 Å². The second-order valence-corrected chi connectivity index (χ2v) is 13.8. The van der Waals surface area contributed by atoms with Crippen LogP contribution in [-0.2, 0) is 43.0 Å². The molecule has 5 amide bonds. The summed E-state index contributed by atoms with van der Waals surface area (Å²) in [6.07, 6.45) is 7.32. The quantitative estimate of drug-likeness (QED) is 0.0443. The monoisotopic (exact) mass is 774 g/mol. The number of ether oxygens (including phenoxy) is 3. The number of carbonyl (C=O) groups excluding carboxylic acids is 5. The van der Waals surface area contributed by atoms with E-state index < -0.39 is 104 Å². The van der Waals surface area contributed by atoms with Gasteiger partial charge in [0, 0.05) is 13.5 Å². The van der Waals surface area contributed by atoms with Crippen LogP contribution in [0.3, 0.4) is 0 Å². The number of carbonyl (C=O) groups is 6. The van der Waals surface area contributed by atoms with Crippen LogP contribution >= 0.6 is 0 Å². The van der Waals surface area contributed by atoms with Crippen LogP contribution in [0.2, 0.25) is 0 Å². The van der Waals surface area contributed by atoms with Crippen LogP contribution in [0, 0.1) is 0 Å². The first kappa shape index (κ1) is 48.6. The molecule has 18 nitrogen and oxygen atoms in total. The van der Waals surface area contributed by atoms with Crippen LogP contribution in [0.25, 0.3) is 0 Å². The van der Waals surface area contributed by atoms with E-state index in [-0.39, 0.29) is 6.42 Å². The molecule has 0 aromatic carbocycles. The highest BCUT2D eigenvalue weighted by atomic mass is 16.7. The number of unbranched alkanes of at least 4 members (excludes halogenated alkanes) is 10. The number of amides is 5. The summed E-state index contributed by atoms with van der Waals surface area (Å²) in [5, 5.41) is 42.5. The summed E-state index contributed by atoms with van der Waals surface area (Å²) in [6, 6.07) is -4.67. The molecule has 0 saturated carbocycles. The lowest BCUT2D eigenvalue weighted by Crippen LogP contribution is -2.66. The standard InChI is InChI=1S/C36H66N6O12/c1-5-6-7-8-9-10-11-12-13-16-19-38-28(45)21-53-36-30(41-25(4)44)32(31(47)27(20-43)54-36)52-22-29(46)39-23(2)33(48)42-26(17-14-15-18-37)34(49)40-24(3)35(50)51/h23-24,26-27,30-32,36,43,47H,5-22,37H2,1-4H3,(H,38,45)(H,39,46)(H,40,49)(H,41,44)(H,42,48)(H,50,51)/t23-,24-,26-,27+,30+,31+,32+,36-/m0/s1. The van der Waals surface area contributed by atoms with Gasteiger partial charge in [-0.1, -0.05) is 64.7 Å². The van der Waals surface area contributed by atoms with Crippen LogP contribution in [0.4, 0.5) is 0 Å². The maximum absolute atomic E-state index is 12.9. The first-order valence-corrected chi connectivity index (χ1v) is 19.3. The zero-order chi connectivity index (χ0) is 40.5. The molecule has 0 spiro atoms. The molecule has 1 aliphatic rings. The lowest BCUT2D eigenvalue weighted by atomic mass is 9.96. The second kappa shape index (κ2) is 28.1. The molecule has 0 bridgehead atoms. The maximum atomic E-state index is 12.9. The normalized spacial score (nSPS) is 21.3. The third-order valence-corrected chi connectivity index (χ3v) is 8.94. The fraction of sp³-hybridized carbons (Fsp3) is 0.833. The lowest BCUT2D eigenvalue weighted by Gasteiger charge is -2.43. The predicted octanol–water partition coefficient (Wildman–Crippen LogP) is -0.284. The molecule has 8 atom stereocenters. The van der Waals surface area contributed by atoms with Gasteiger partial charge in [-0.2, -0.15) is 0 Å². The number of aliphatic hydroxyl groups is 2. The number of hydrogen-bond donors (Lipinski definition) is 9. The Morgan fingerprint density at radius 2 is 1.39 bits per heavy atom. The molecular weight excluding hydrogens is 708 g/mol. The molecule has 0 aromatic rings. The van der Waals surface area contributed by atoms with Crippen molar-refractivity contribution in [2.75, 3.05) is 32.9 Å². The number of rotatable bonds is 29. The van der Waals surface area contributed by atoms with Crippen molar-refractivity contribution in [2.45, 2.75) is 160 Å². The van der Waals surface area contributed by atoms with E-state index >= 15 is 0 Å². The number of carboxylic acids is 1. The van der Waals surface area contributed by atoms with Gasteiger partial charge in [-0.15, -0.1) is 0 Å². The molecule has 1 saturated heterocycles. The van der Waals surface area contributed by atoms with E-state index in [4.69, 9.17) is 25.1 Å². The molecule has 0 aromatic heterocycles. The summed E-state index contributed by atoms with van der Waals surface area (Å²) >= 11 is 0. The van der Waals surface area contributed by atoms with E-state index in [0.29, 0.717) is 25.9 Å². The average Bonchev–Trinajstić information content (AvgIpc) is 3.12. The van der Waals surface area contributed by atoms with Crippen molar-refractivity contribution >= 4 is 35.5 Å². The fourth-order valence-electron chi connectivity index (χ4n) is 5.80. The van der Waals surface area contributed by atoms with E-state index in [1.807, 2.05) is 0 Å². The molecule has 54 heavy (non-hydrogen) atoms. The van der Waals surface area contributed by atoms with Gasteiger partial charge in [-0.05, 0) is 46.1 Å². The second-order valence-electron chi connectivity index (χ2n) is 13.8. The third kappa shape index (κ3) is 19.8. The van der Waals surface area contributed by atoms with Gasteiger partial charge < -0.3 is 61.8 Å². The number of carboxylic acid groups (broad SMARTS) is 1. The zero-order valence-corrected chi connectivity index (χ0v) is 32.4. The summed E-state index contributed by atoms with van der Waals surface area (Å²) in [7, 11) is 0. The van der Waals surface area contributed by atoms with E-state index in [0.717, 1.165) is 25.7 Å². The van der Waals surface area contributed by atoms with E-state index in [1.54, 1.807) is 0 Å². The average molecular weight is 775 g/mol. The molecule has 0 unspecified atom stereocenters. The van der Waals surface area contributed by atoms with Gasteiger partial charge in [0.25, 0.3) is 0 Å². The largest absolute Gasteiger partial charge is 0.480 e. The first-order chi connectivity index (χ1) is 25.7. The molecule has 1 fully saturated rings. The minimum atomic E-state index is -1.54. The third-order valence-electron chi connectivity index (χ3n) is 8.94. The molecule has 0 aliphatic carbocycles. The predicted molar refractivity (Wildman–Crippen MR) is 198 cm³/mol. The molecular formula is C36H66N6O12. The minimum absolute atomic E-state index is 0.174. The SMILES string of the molecule is CCCCCCCCCCCCNC(=O)CO[C@H]1O[C@H](CO)[C@@H](O)[C@H](OCC(=O)N[C@@H](C)C(=O)N[C@@H](CCCCN)C(=O)N[C@@H](C)C(=O)O)[C@H]1NC(C)=O. The Kier molecular flexibility index (Phi) is 25.3. The van der Waals surface area contributed by atoms with Gasteiger partial charge in [0.1, 0.15) is 55.7 Å². The van der Waals surface area contributed by atoms with Crippen molar-refractivity contribution in [3.8, 4) is 0 Å². The topological polar surface area (TPSA) is 277 Å². The lowest BCUT2D eigenvalue weighted by molar-refractivity contribution is -0.274. The summed E-state index contributed by atoms with van der Waals surface area (Å²) in [5.74, 6) is -4.48. The van der Waals surface area contributed by atoms with Crippen LogP contribution < -0.4 is 32.3 Å². The van der Waals surface area contributed by atoms with Gasteiger partial charge in [-0.25, -0.2) is 0 Å². The minimum Gasteiger partial charge on any atom is -0.480 e. The summed E-state index contributed by atoms with van der Waals surface area (Å²) < 4.78 is 17.0. The Morgan fingerprint density at radius 1 is 0.778 bits per heavy atom. The molecule has 1 rings (SSSR count). The number of aliphatic carboxylic acids is 1. The van der Waals surface area contributed by atoms with Gasteiger partial charge in [0.2, 0.25) is 29.5 Å². The number of nitrogens with one attached hydrogen (secondary N) is 5. The highest BCUT2D eigenvalue weighted by Crippen LogP contribution is 2.25. The summed E-state index contributed by atoms with van der Waals surface area (Å²) in [5.41, 5.74) is 5.53. The van der Waals surface area contributed by atoms with Crippen molar-refractivity contribution in [1.29, 1.82) is 0 Å². The van der Waals surface area contributed by atoms with Crippen LogP contribution in [0.15, 0.2) is 0 Å². The van der Waals surface area contributed by atoms with Crippen LogP contribution in [0.1, 0.15) is 111 Å². The van der Waals surface area contributed by atoms with Crippen molar-refractivity contribution in [3.05, 3.63) is 0 Å². The number of hydrogen-bond acceptors (Lipinski definition) is 12. The van der Waals surface area contributed by atoms with Crippen molar-refractivity contribution < 1.29 is 58.3 Å². The van der Waals surface area contributed by atoms with E-state index in [9.17, 15) is 39.0 Å². The highest BCUT2D eigenvalue weighted by molar-refractivity contribution is 5.93. The first-order valence-electron chi connectivity index (χ1n) is 19.3. The Balaban J connectivity index is 2.73. The molecule has 1 aliphatic heterocycles. The summed E-state index contributed by atoms with van der Waals surface area (Å²) in [6.45, 7) is 5.02. The van der Waals surface area contributed by atoms with E-state index in [2.05, 4.69) is 33.5 Å². The van der Waals surface area contributed by atoms with Gasteiger partial charge >= 0.3 is 5.97 Å². The van der Waals surface area contributed by atoms with Crippen LogP contribution in [-0.4, -0.2) is 133 Å². The molecule has 312 valence electrons. The molecule has 1 heterocycles. The van der Waals surface area contributed by atoms with Gasteiger partial charge in [-0.3, -0.25) is 28.8 Å². The van der Waals surface area contributed by atoms with Crippen molar-refractivity contribution in [1.82, 2.24) is 26.6 Å². The highest BCUT2D eigenvalue weighted by Gasteiger charge is 2.47. The smallest absolute Gasteiger partial charge is 0.325 e. The van der Waals surface area contributed by atoms with Gasteiger partial charge in [0.15, 0.2) is 6.29 Å². The maximum Gasteiger partial charge on any atom is 0.325 e. The molecule has 0 radical (unpaired) electrons. The zero-order valence-electron chi connectivity index (χ0n) is 32.4. The Hall–Kier alpha value is -3.42. The van der Waals surface area contributed by atoms with Crippen molar-refractivity contribution in [3.63, 3.8) is 0 Å². The summed E-state index contributed by atoms with van der Waals surface area (Å²) in [4.78, 5) is 74.4. The Labute approximate surface area is 318 Å². The Bertz CT molecular complexity index is 1150. The van der Waals surface area contributed by atoms with E-state index in [1.165, 1.54) is 59.3 Å². The Morgan fingerprint density at radius 3 is 1.96 bits per heavy atom. The van der Waals surface area contributed by atoms with Crippen molar-refractivity contribution in [2.24, 2.45) is 5.73 Å². The van der Waals surface area contributed by atoms with Gasteiger partial charge in [0.05, 0.1) is 6.61 Å². The molecule has 18 heteroatoms. The number of aliphatic hydroxyl groups excluding tert-OH is 2. The molecule has 10 N–H and O–H groups in total. The number of nitrogens with two attached hydrogens (primary N) is 1.